The average molecular weight is 305 g/mol. The van der Waals surface area contributed by atoms with Crippen LogP contribution in [0.5, 0.6) is 0 Å². The van der Waals surface area contributed by atoms with E-state index < -0.39 is 0 Å². The summed E-state index contributed by atoms with van der Waals surface area (Å²) in [4.78, 5) is 13.7. The van der Waals surface area contributed by atoms with Gasteiger partial charge in [0, 0.05) is 37.8 Å². The number of aromatic nitrogens is 2. The minimum atomic E-state index is -0.0472. The number of carbonyl (C=O) groups excluding carboxylic acids is 1. The van der Waals surface area contributed by atoms with Gasteiger partial charge in [-0.15, -0.1) is 0 Å². The summed E-state index contributed by atoms with van der Waals surface area (Å²) in [6, 6.07) is -0.0472. The van der Waals surface area contributed by atoms with E-state index in [0.717, 1.165) is 24.6 Å². The smallest absolute Gasteiger partial charge is 0.322 e. The van der Waals surface area contributed by atoms with Crippen LogP contribution in [0, 0.1) is 0 Å². The van der Waals surface area contributed by atoms with Crippen molar-refractivity contribution >= 4 is 39.4 Å². The zero-order valence-corrected chi connectivity index (χ0v) is 11.3. The van der Waals surface area contributed by atoms with E-state index in [1.807, 2.05) is 23.7 Å². The Morgan fingerprint density at radius 1 is 1.56 bits per heavy atom. The number of carbonyl (C=O) groups is 1. The molecule has 0 aliphatic carbocycles. The highest BCUT2D eigenvalue weighted by Gasteiger charge is 2.18. The lowest BCUT2D eigenvalue weighted by atomic mass is 10.5. The molecule has 2 rings (SSSR count). The molecule has 0 aromatic carbocycles. The topological polar surface area (TPSA) is 50.2 Å². The minimum Gasteiger partial charge on any atom is -0.323 e. The molecule has 1 aromatic heterocycles. The van der Waals surface area contributed by atoms with E-state index in [9.17, 15) is 4.79 Å². The third-order valence-electron chi connectivity index (χ3n) is 2.32. The normalized spacial score (nSPS) is 16.2. The predicted octanol–water partition coefficient (Wildman–Crippen LogP) is 1.76. The lowest BCUT2D eigenvalue weighted by molar-refractivity contribution is 0.217. The van der Waals surface area contributed by atoms with Gasteiger partial charge in [-0.3, -0.25) is 4.68 Å². The Morgan fingerprint density at radius 2 is 2.25 bits per heavy atom. The summed E-state index contributed by atoms with van der Waals surface area (Å²) in [6.45, 7) is 1.63. The monoisotopic (exact) mass is 304 g/mol. The maximum Gasteiger partial charge on any atom is 0.322 e. The molecule has 0 saturated carbocycles. The highest BCUT2D eigenvalue weighted by molar-refractivity contribution is 9.10. The Labute approximate surface area is 107 Å². The van der Waals surface area contributed by atoms with E-state index in [1.165, 1.54) is 0 Å². The quantitative estimate of drug-likeness (QED) is 0.860. The Morgan fingerprint density at radius 3 is 2.81 bits per heavy atom. The van der Waals surface area contributed by atoms with Crippen LogP contribution >= 0.6 is 27.7 Å². The van der Waals surface area contributed by atoms with E-state index in [-0.39, 0.29) is 6.03 Å². The Balaban J connectivity index is 1.98. The molecule has 0 spiro atoms. The highest BCUT2D eigenvalue weighted by atomic mass is 79.9. The molecule has 2 amide bonds. The summed E-state index contributed by atoms with van der Waals surface area (Å²) < 4.78 is 2.32. The number of halogens is 1. The SMILES string of the molecule is Cn1cc(NC(=O)N2CCSCC2)c(Br)n1. The van der Waals surface area contributed by atoms with Gasteiger partial charge in [0.15, 0.2) is 4.60 Å². The van der Waals surface area contributed by atoms with Gasteiger partial charge in [-0.05, 0) is 15.9 Å². The van der Waals surface area contributed by atoms with Crippen molar-refractivity contribution < 1.29 is 4.79 Å². The van der Waals surface area contributed by atoms with Crippen LogP contribution in [0.25, 0.3) is 0 Å². The van der Waals surface area contributed by atoms with Crippen LogP contribution in [0.4, 0.5) is 10.5 Å². The number of amides is 2. The molecular formula is C9H13BrN4OS. The van der Waals surface area contributed by atoms with Crippen molar-refractivity contribution in [1.82, 2.24) is 14.7 Å². The lowest BCUT2D eigenvalue weighted by Gasteiger charge is -2.26. The summed E-state index contributed by atoms with van der Waals surface area (Å²) in [5, 5.41) is 6.95. The molecule has 88 valence electrons. The number of nitrogens with zero attached hydrogens (tertiary/aromatic N) is 3. The Hall–Kier alpha value is -0.690. The van der Waals surface area contributed by atoms with Crippen LogP contribution < -0.4 is 5.32 Å². The van der Waals surface area contributed by atoms with Crippen LogP contribution in [-0.2, 0) is 7.05 Å². The number of hydrogen-bond donors (Lipinski definition) is 1. The van der Waals surface area contributed by atoms with E-state index >= 15 is 0 Å². The van der Waals surface area contributed by atoms with Crippen molar-refractivity contribution in [3.05, 3.63) is 10.8 Å². The first-order chi connectivity index (χ1) is 7.66. The van der Waals surface area contributed by atoms with Crippen LogP contribution in [0.1, 0.15) is 0 Å². The van der Waals surface area contributed by atoms with E-state index in [2.05, 4.69) is 26.3 Å². The van der Waals surface area contributed by atoms with Gasteiger partial charge in [0.05, 0.1) is 5.69 Å². The number of hydrogen-bond acceptors (Lipinski definition) is 3. The zero-order valence-electron chi connectivity index (χ0n) is 8.94. The number of aryl methyl sites for hydroxylation is 1. The number of rotatable bonds is 1. The van der Waals surface area contributed by atoms with E-state index in [0.29, 0.717) is 10.3 Å². The van der Waals surface area contributed by atoms with Crippen LogP contribution in [0.2, 0.25) is 0 Å². The molecule has 1 saturated heterocycles. The first-order valence-corrected chi connectivity index (χ1v) is 6.94. The molecule has 1 N–H and O–H groups in total. The lowest BCUT2D eigenvalue weighted by Crippen LogP contribution is -2.40. The fourth-order valence-electron chi connectivity index (χ4n) is 1.51. The van der Waals surface area contributed by atoms with Crippen molar-refractivity contribution in [3.63, 3.8) is 0 Å². The molecule has 1 aliphatic rings. The molecular weight excluding hydrogens is 292 g/mol. The van der Waals surface area contributed by atoms with Crippen LogP contribution in [-0.4, -0.2) is 45.3 Å². The van der Waals surface area contributed by atoms with Crippen molar-refractivity contribution in [2.45, 2.75) is 0 Å². The second-order valence-corrected chi connectivity index (χ2v) is 5.51. The van der Waals surface area contributed by atoms with Gasteiger partial charge in [-0.25, -0.2) is 4.79 Å². The number of anilines is 1. The van der Waals surface area contributed by atoms with Crippen molar-refractivity contribution in [3.8, 4) is 0 Å². The van der Waals surface area contributed by atoms with Crippen molar-refractivity contribution in [2.24, 2.45) is 7.05 Å². The molecule has 7 heteroatoms. The first kappa shape index (κ1) is 11.8. The number of urea groups is 1. The maximum atomic E-state index is 11.9. The van der Waals surface area contributed by atoms with Gasteiger partial charge in [0.2, 0.25) is 0 Å². The molecule has 1 fully saturated rings. The van der Waals surface area contributed by atoms with Gasteiger partial charge in [-0.2, -0.15) is 16.9 Å². The van der Waals surface area contributed by atoms with E-state index in [4.69, 9.17) is 0 Å². The van der Waals surface area contributed by atoms with Gasteiger partial charge >= 0.3 is 6.03 Å². The third kappa shape index (κ3) is 2.70. The molecule has 1 aromatic rings. The average Bonchev–Trinajstić information content (AvgIpc) is 2.59. The fourth-order valence-corrected chi connectivity index (χ4v) is 2.86. The van der Waals surface area contributed by atoms with Crippen molar-refractivity contribution in [2.75, 3.05) is 29.9 Å². The number of thioether (sulfide) groups is 1. The van der Waals surface area contributed by atoms with Gasteiger partial charge in [0.1, 0.15) is 0 Å². The zero-order chi connectivity index (χ0) is 11.5. The molecule has 0 radical (unpaired) electrons. The first-order valence-electron chi connectivity index (χ1n) is 4.99. The molecule has 2 heterocycles. The predicted molar refractivity (Wildman–Crippen MR) is 68.8 cm³/mol. The van der Waals surface area contributed by atoms with Crippen LogP contribution in [0.15, 0.2) is 10.8 Å². The molecule has 0 unspecified atom stereocenters. The maximum absolute atomic E-state index is 11.9. The van der Waals surface area contributed by atoms with Gasteiger partial charge in [0.25, 0.3) is 0 Å². The molecule has 5 nitrogen and oxygen atoms in total. The Kier molecular flexibility index (Phi) is 3.75. The van der Waals surface area contributed by atoms with Crippen LogP contribution in [0.3, 0.4) is 0 Å². The van der Waals surface area contributed by atoms with Gasteiger partial charge < -0.3 is 10.2 Å². The summed E-state index contributed by atoms with van der Waals surface area (Å²) in [5.74, 6) is 2.03. The summed E-state index contributed by atoms with van der Waals surface area (Å²) in [5.41, 5.74) is 0.714. The third-order valence-corrected chi connectivity index (χ3v) is 3.85. The summed E-state index contributed by atoms with van der Waals surface area (Å²) in [7, 11) is 1.82. The molecule has 0 bridgehead atoms. The van der Waals surface area contributed by atoms with E-state index in [1.54, 1.807) is 10.9 Å². The number of nitrogens with one attached hydrogen (secondary N) is 1. The minimum absolute atomic E-state index is 0.0472. The summed E-state index contributed by atoms with van der Waals surface area (Å²) >= 11 is 5.18. The molecule has 0 atom stereocenters. The highest BCUT2D eigenvalue weighted by Crippen LogP contribution is 2.20. The van der Waals surface area contributed by atoms with Gasteiger partial charge in [-0.1, -0.05) is 0 Å². The largest absolute Gasteiger partial charge is 0.323 e. The second kappa shape index (κ2) is 5.09. The standard InChI is InChI=1S/C9H13BrN4OS/c1-13-6-7(8(10)12-13)11-9(15)14-2-4-16-5-3-14/h6H,2-5H2,1H3,(H,11,15). The Bertz CT molecular complexity index is 389. The fraction of sp³-hybridized carbons (Fsp3) is 0.556. The van der Waals surface area contributed by atoms with Crippen molar-refractivity contribution in [1.29, 1.82) is 0 Å². The molecule has 16 heavy (non-hydrogen) atoms. The second-order valence-electron chi connectivity index (χ2n) is 3.54. The summed E-state index contributed by atoms with van der Waals surface area (Å²) in [6.07, 6.45) is 1.78. The molecule has 1 aliphatic heterocycles.